The third kappa shape index (κ3) is 3.91. The number of anilines is 1. The minimum Gasteiger partial charge on any atom is -0.322 e. The normalized spacial score (nSPS) is 20.3. The Bertz CT molecular complexity index is 467. The quantitative estimate of drug-likeness (QED) is 0.924. The van der Waals surface area contributed by atoms with Gasteiger partial charge in [-0.15, -0.1) is 0 Å². The van der Waals surface area contributed by atoms with Gasteiger partial charge in [-0.05, 0) is 44.5 Å². The Morgan fingerprint density at radius 3 is 3.05 bits per heavy atom. The third-order valence-electron chi connectivity index (χ3n) is 3.49. The van der Waals surface area contributed by atoms with Crippen molar-refractivity contribution in [1.29, 1.82) is 0 Å². The second kappa shape index (κ2) is 6.35. The molecule has 1 aliphatic heterocycles. The van der Waals surface area contributed by atoms with Gasteiger partial charge in [0.1, 0.15) is 5.82 Å². The molecule has 0 saturated carbocycles. The van der Waals surface area contributed by atoms with Gasteiger partial charge in [-0.3, -0.25) is 9.69 Å². The summed E-state index contributed by atoms with van der Waals surface area (Å²) in [5, 5.41) is 2.98. The first-order valence-electron chi connectivity index (χ1n) is 6.55. The lowest BCUT2D eigenvalue weighted by atomic mass is 10.0. The Morgan fingerprint density at radius 1 is 1.53 bits per heavy atom. The zero-order valence-electron chi connectivity index (χ0n) is 11.0. The van der Waals surface area contributed by atoms with Gasteiger partial charge in [0.25, 0.3) is 0 Å². The van der Waals surface area contributed by atoms with Crippen LogP contribution in [-0.2, 0) is 4.79 Å². The van der Waals surface area contributed by atoms with Crippen LogP contribution in [-0.4, -0.2) is 29.9 Å². The number of benzene rings is 1. The second-order valence-corrected chi connectivity index (χ2v) is 5.42. The zero-order chi connectivity index (χ0) is 13.8. The van der Waals surface area contributed by atoms with Crippen LogP contribution >= 0.6 is 11.6 Å². The average molecular weight is 285 g/mol. The Hall–Kier alpha value is -1.13. The number of carbonyl (C=O) groups is 1. The van der Waals surface area contributed by atoms with Crippen LogP contribution in [0.4, 0.5) is 10.1 Å². The molecule has 104 valence electrons. The van der Waals surface area contributed by atoms with Crippen molar-refractivity contribution >= 4 is 23.2 Å². The number of rotatable bonds is 3. The number of hydrogen-bond acceptors (Lipinski definition) is 2. The van der Waals surface area contributed by atoms with Crippen LogP contribution in [0.25, 0.3) is 0 Å². The largest absolute Gasteiger partial charge is 0.322 e. The lowest BCUT2D eigenvalue weighted by molar-refractivity contribution is -0.118. The van der Waals surface area contributed by atoms with Gasteiger partial charge in [0.15, 0.2) is 0 Å². The molecule has 1 N–H and O–H groups in total. The molecule has 1 amide bonds. The van der Waals surface area contributed by atoms with Crippen LogP contribution in [0.15, 0.2) is 18.2 Å². The molecule has 0 radical (unpaired) electrons. The number of amides is 1. The van der Waals surface area contributed by atoms with Crippen molar-refractivity contribution in [2.45, 2.75) is 32.2 Å². The van der Waals surface area contributed by atoms with E-state index in [1.54, 1.807) is 0 Å². The van der Waals surface area contributed by atoms with Gasteiger partial charge >= 0.3 is 0 Å². The monoisotopic (exact) mass is 284 g/mol. The molecule has 1 aliphatic rings. The highest BCUT2D eigenvalue weighted by molar-refractivity contribution is 6.30. The van der Waals surface area contributed by atoms with E-state index in [1.807, 2.05) is 0 Å². The molecular formula is C14H18ClFN2O. The molecule has 0 unspecified atom stereocenters. The Morgan fingerprint density at radius 2 is 2.32 bits per heavy atom. The highest BCUT2D eigenvalue weighted by Gasteiger charge is 2.20. The van der Waals surface area contributed by atoms with Crippen LogP contribution in [0.5, 0.6) is 0 Å². The van der Waals surface area contributed by atoms with Crippen LogP contribution in [0.3, 0.4) is 0 Å². The smallest absolute Gasteiger partial charge is 0.238 e. The molecule has 2 rings (SSSR count). The van der Waals surface area contributed by atoms with Gasteiger partial charge in [0.05, 0.1) is 12.2 Å². The van der Waals surface area contributed by atoms with E-state index >= 15 is 0 Å². The predicted molar refractivity (Wildman–Crippen MR) is 74.9 cm³/mol. The fourth-order valence-electron chi connectivity index (χ4n) is 2.36. The number of nitrogens with one attached hydrogen (secondary N) is 1. The average Bonchev–Trinajstić information content (AvgIpc) is 2.37. The zero-order valence-corrected chi connectivity index (χ0v) is 11.7. The van der Waals surface area contributed by atoms with Gasteiger partial charge in [-0.25, -0.2) is 4.39 Å². The van der Waals surface area contributed by atoms with Crippen LogP contribution in [0, 0.1) is 5.82 Å². The van der Waals surface area contributed by atoms with Crippen molar-refractivity contribution in [3.8, 4) is 0 Å². The lowest BCUT2D eigenvalue weighted by Crippen LogP contribution is -2.42. The fraction of sp³-hybridized carbons (Fsp3) is 0.500. The molecule has 1 aromatic rings. The minimum atomic E-state index is -0.468. The Kier molecular flexibility index (Phi) is 4.77. The van der Waals surface area contributed by atoms with Crippen LogP contribution in [0.2, 0.25) is 5.02 Å². The van der Waals surface area contributed by atoms with E-state index in [4.69, 9.17) is 11.6 Å². The van der Waals surface area contributed by atoms with E-state index in [0.29, 0.717) is 17.6 Å². The van der Waals surface area contributed by atoms with E-state index < -0.39 is 5.82 Å². The molecule has 1 heterocycles. The molecule has 19 heavy (non-hydrogen) atoms. The molecule has 0 spiro atoms. The number of likely N-dealkylation sites (tertiary alicyclic amines) is 1. The summed E-state index contributed by atoms with van der Waals surface area (Å²) in [4.78, 5) is 14.1. The standard InChI is InChI=1S/C14H18ClFN2O/c1-10-4-2-3-7-18(10)9-14(19)17-13-8-11(15)5-6-12(13)16/h5-6,8,10H,2-4,7,9H2,1H3,(H,17,19)/t10-/m0/s1. The third-order valence-corrected chi connectivity index (χ3v) is 3.72. The SMILES string of the molecule is C[C@H]1CCCCN1CC(=O)Nc1cc(Cl)ccc1F. The molecule has 0 aromatic heterocycles. The fourth-order valence-corrected chi connectivity index (χ4v) is 2.53. The summed E-state index contributed by atoms with van der Waals surface area (Å²) < 4.78 is 13.5. The molecule has 5 heteroatoms. The summed E-state index contributed by atoms with van der Waals surface area (Å²) in [5.74, 6) is -0.667. The summed E-state index contributed by atoms with van der Waals surface area (Å²) in [7, 11) is 0. The van der Waals surface area contributed by atoms with Crippen molar-refractivity contribution < 1.29 is 9.18 Å². The van der Waals surface area contributed by atoms with Gasteiger partial charge in [-0.1, -0.05) is 18.0 Å². The molecule has 3 nitrogen and oxygen atoms in total. The van der Waals surface area contributed by atoms with Gasteiger partial charge in [0, 0.05) is 11.1 Å². The molecule has 1 saturated heterocycles. The first kappa shape index (κ1) is 14.3. The van der Waals surface area contributed by atoms with Crippen molar-refractivity contribution in [1.82, 2.24) is 4.90 Å². The highest BCUT2D eigenvalue weighted by atomic mass is 35.5. The number of nitrogens with zero attached hydrogens (tertiary/aromatic N) is 1. The van der Waals surface area contributed by atoms with E-state index in [-0.39, 0.29) is 11.6 Å². The maximum absolute atomic E-state index is 13.5. The van der Waals surface area contributed by atoms with E-state index in [1.165, 1.54) is 24.6 Å². The van der Waals surface area contributed by atoms with Gasteiger partial charge in [-0.2, -0.15) is 0 Å². The van der Waals surface area contributed by atoms with Crippen LogP contribution in [0.1, 0.15) is 26.2 Å². The molecule has 1 fully saturated rings. The Balaban J connectivity index is 1.95. The number of carbonyl (C=O) groups excluding carboxylic acids is 1. The number of piperidine rings is 1. The molecule has 0 aliphatic carbocycles. The summed E-state index contributed by atoms with van der Waals surface area (Å²) in [6.45, 7) is 3.34. The first-order valence-corrected chi connectivity index (χ1v) is 6.93. The minimum absolute atomic E-state index is 0.141. The summed E-state index contributed by atoms with van der Waals surface area (Å²) in [5.41, 5.74) is 0.141. The van der Waals surface area contributed by atoms with E-state index in [9.17, 15) is 9.18 Å². The summed E-state index contributed by atoms with van der Waals surface area (Å²) >= 11 is 5.79. The Labute approximate surface area is 117 Å². The maximum atomic E-state index is 13.5. The van der Waals surface area contributed by atoms with E-state index in [2.05, 4.69) is 17.1 Å². The maximum Gasteiger partial charge on any atom is 0.238 e. The van der Waals surface area contributed by atoms with Gasteiger partial charge < -0.3 is 5.32 Å². The van der Waals surface area contributed by atoms with Crippen molar-refractivity contribution in [2.75, 3.05) is 18.4 Å². The summed E-state index contributed by atoms with van der Waals surface area (Å²) in [6, 6.07) is 4.54. The molecular weight excluding hydrogens is 267 g/mol. The predicted octanol–water partition coefficient (Wildman–Crippen LogP) is 3.29. The lowest BCUT2D eigenvalue weighted by Gasteiger charge is -2.32. The van der Waals surface area contributed by atoms with Crippen molar-refractivity contribution in [3.63, 3.8) is 0 Å². The summed E-state index contributed by atoms with van der Waals surface area (Å²) in [6.07, 6.45) is 3.43. The molecule has 1 aromatic carbocycles. The van der Waals surface area contributed by atoms with Gasteiger partial charge in [0.2, 0.25) is 5.91 Å². The number of hydrogen-bond donors (Lipinski definition) is 1. The number of halogens is 2. The topological polar surface area (TPSA) is 32.3 Å². The highest BCUT2D eigenvalue weighted by Crippen LogP contribution is 2.20. The molecule has 1 atom stereocenters. The second-order valence-electron chi connectivity index (χ2n) is 4.99. The van der Waals surface area contributed by atoms with E-state index in [0.717, 1.165) is 19.4 Å². The molecule has 0 bridgehead atoms. The van der Waals surface area contributed by atoms with Crippen LogP contribution < -0.4 is 5.32 Å². The van der Waals surface area contributed by atoms with Crippen molar-refractivity contribution in [3.05, 3.63) is 29.0 Å². The first-order chi connectivity index (χ1) is 9.06. The van der Waals surface area contributed by atoms with Crippen molar-refractivity contribution in [2.24, 2.45) is 0 Å².